The summed E-state index contributed by atoms with van der Waals surface area (Å²) < 4.78 is 5.32. The molecule has 0 aromatic heterocycles. The number of hydrogen-bond acceptors (Lipinski definition) is 4. The number of amides is 2. The number of nitrogens with zero attached hydrogens (tertiary/aromatic N) is 1. The van der Waals surface area contributed by atoms with Gasteiger partial charge in [-0.3, -0.25) is 9.59 Å². The maximum atomic E-state index is 13.2. The molecule has 0 aliphatic heterocycles. The van der Waals surface area contributed by atoms with Crippen LogP contribution in [0.3, 0.4) is 0 Å². The molecular formula is C25H34N2O3S. The number of rotatable bonds is 12. The number of thioether (sulfide) groups is 1. The van der Waals surface area contributed by atoms with E-state index in [-0.39, 0.29) is 11.8 Å². The van der Waals surface area contributed by atoms with E-state index >= 15 is 0 Å². The molecule has 1 unspecified atom stereocenters. The first-order chi connectivity index (χ1) is 14.9. The number of methoxy groups -OCH3 is 1. The van der Waals surface area contributed by atoms with Crippen molar-refractivity contribution in [3.05, 3.63) is 65.7 Å². The molecule has 1 atom stereocenters. The van der Waals surface area contributed by atoms with Crippen molar-refractivity contribution in [2.75, 3.05) is 19.4 Å². The van der Waals surface area contributed by atoms with E-state index in [1.165, 1.54) is 5.56 Å². The number of benzene rings is 2. The van der Waals surface area contributed by atoms with Crippen LogP contribution in [-0.2, 0) is 21.9 Å². The zero-order valence-corrected chi connectivity index (χ0v) is 19.8. The molecular weight excluding hydrogens is 408 g/mol. The van der Waals surface area contributed by atoms with E-state index in [0.29, 0.717) is 31.2 Å². The first kappa shape index (κ1) is 24.8. The van der Waals surface area contributed by atoms with Crippen molar-refractivity contribution in [3.63, 3.8) is 0 Å². The van der Waals surface area contributed by atoms with Gasteiger partial charge in [-0.15, -0.1) is 11.8 Å². The van der Waals surface area contributed by atoms with Crippen LogP contribution in [0.15, 0.2) is 54.6 Å². The standard InChI is InChI=1S/C25H34N2O3S/c1-5-23(25(29)26-15-19(2)3)27(16-21-12-9-13-22(14-21)30-4)24(28)18-31-17-20-10-7-6-8-11-20/h6-14,19,23H,5,15-18H2,1-4H3,(H,26,29). The smallest absolute Gasteiger partial charge is 0.242 e. The summed E-state index contributed by atoms with van der Waals surface area (Å²) in [5.41, 5.74) is 2.12. The Bertz CT molecular complexity index is 827. The molecule has 0 saturated heterocycles. The Balaban J connectivity index is 2.14. The van der Waals surface area contributed by atoms with E-state index in [0.717, 1.165) is 17.1 Å². The summed E-state index contributed by atoms with van der Waals surface area (Å²) in [5, 5.41) is 2.99. The molecule has 0 aliphatic rings. The van der Waals surface area contributed by atoms with Gasteiger partial charge in [0.2, 0.25) is 11.8 Å². The number of hydrogen-bond donors (Lipinski definition) is 1. The highest BCUT2D eigenvalue weighted by Crippen LogP contribution is 2.19. The summed E-state index contributed by atoms with van der Waals surface area (Å²) in [4.78, 5) is 27.8. The molecule has 6 heteroatoms. The van der Waals surface area contributed by atoms with Crippen LogP contribution in [0.2, 0.25) is 0 Å². The lowest BCUT2D eigenvalue weighted by Gasteiger charge is -2.31. The average molecular weight is 443 g/mol. The maximum absolute atomic E-state index is 13.2. The van der Waals surface area contributed by atoms with Crippen LogP contribution in [0.5, 0.6) is 5.75 Å². The van der Waals surface area contributed by atoms with Crippen LogP contribution in [0.1, 0.15) is 38.3 Å². The molecule has 168 valence electrons. The number of carbonyl (C=O) groups is 2. The molecule has 0 spiro atoms. The lowest BCUT2D eigenvalue weighted by atomic mass is 10.1. The number of ether oxygens (including phenoxy) is 1. The van der Waals surface area contributed by atoms with Gasteiger partial charge in [-0.1, -0.05) is 63.2 Å². The first-order valence-electron chi connectivity index (χ1n) is 10.8. The van der Waals surface area contributed by atoms with Gasteiger partial charge in [0.15, 0.2) is 0 Å². The zero-order chi connectivity index (χ0) is 22.6. The first-order valence-corrected chi connectivity index (χ1v) is 11.9. The molecule has 2 aromatic carbocycles. The van der Waals surface area contributed by atoms with Crippen LogP contribution in [0.25, 0.3) is 0 Å². The Kier molecular flexibility index (Phi) is 10.4. The monoisotopic (exact) mass is 442 g/mol. The summed E-state index contributed by atoms with van der Waals surface area (Å²) in [6.07, 6.45) is 0.559. The topological polar surface area (TPSA) is 58.6 Å². The Morgan fingerprint density at radius 3 is 2.42 bits per heavy atom. The second-order valence-electron chi connectivity index (χ2n) is 7.91. The zero-order valence-electron chi connectivity index (χ0n) is 19.0. The summed E-state index contributed by atoms with van der Waals surface area (Å²) in [5.74, 6) is 2.05. The summed E-state index contributed by atoms with van der Waals surface area (Å²) in [6, 6.07) is 17.2. The van der Waals surface area contributed by atoms with Crippen LogP contribution >= 0.6 is 11.8 Å². The molecule has 0 heterocycles. The van der Waals surface area contributed by atoms with E-state index in [9.17, 15) is 9.59 Å². The highest BCUT2D eigenvalue weighted by molar-refractivity contribution is 7.99. The summed E-state index contributed by atoms with van der Waals surface area (Å²) in [6.45, 7) is 7.03. The van der Waals surface area contributed by atoms with Crippen molar-refractivity contribution >= 4 is 23.6 Å². The van der Waals surface area contributed by atoms with E-state index in [4.69, 9.17) is 4.74 Å². The lowest BCUT2D eigenvalue weighted by molar-refractivity contribution is -0.139. The molecule has 31 heavy (non-hydrogen) atoms. The normalized spacial score (nSPS) is 11.8. The Hall–Kier alpha value is -2.47. The van der Waals surface area contributed by atoms with Gasteiger partial charge in [0.1, 0.15) is 11.8 Å². The predicted octanol–water partition coefficient (Wildman–Crippen LogP) is 4.51. The van der Waals surface area contributed by atoms with Gasteiger partial charge in [-0.2, -0.15) is 0 Å². The largest absolute Gasteiger partial charge is 0.497 e. The van der Waals surface area contributed by atoms with Crippen molar-refractivity contribution in [3.8, 4) is 5.75 Å². The Morgan fingerprint density at radius 2 is 1.77 bits per heavy atom. The van der Waals surface area contributed by atoms with Gasteiger partial charge in [0, 0.05) is 18.8 Å². The SMILES string of the molecule is CCC(C(=O)NCC(C)C)N(Cc1cccc(OC)c1)C(=O)CSCc1ccccc1. The fourth-order valence-electron chi connectivity index (χ4n) is 3.22. The van der Waals surface area contributed by atoms with Crippen molar-refractivity contribution in [1.82, 2.24) is 10.2 Å². The van der Waals surface area contributed by atoms with Crippen molar-refractivity contribution in [2.24, 2.45) is 5.92 Å². The van der Waals surface area contributed by atoms with E-state index in [1.807, 2.05) is 49.4 Å². The van der Waals surface area contributed by atoms with Crippen LogP contribution in [-0.4, -0.2) is 42.2 Å². The molecule has 0 saturated carbocycles. The quantitative estimate of drug-likeness (QED) is 0.525. The molecule has 2 rings (SSSR count). The minimum atomic E-state index is -0.505. The highest BCUT2D eigenvalue weighted by Gasteiger charge is 2.28. The fraction of sp³-hybridized carbons (Fsp3) is 0.440. The van der Waals surface area contributed by atoms with Crippen molar-refractivity contribution in [1.29, 1.82) is 0 Å². The molecule has 2 amide bonds. The second kappa shape index (κ2) is 13.1. The molecule has 5 nitrogen and oxygen atoms in total. The number of nitrogens with one attached hydrogen (secondary N) is 1. The number of carbonyl (C=O) groups excluding carboxylic acids is 2. The van der Waals surface area contributed by atoms with Gasteiger partial charge in [-0.05, 0) is 35.6 Å². The Labute approximate surface area is 190 Å². The second-order valence-corrected chi connectivity index (χ2v) is 8.90. The van der Waals surface area contributed by atoms with Crippen molar-refractivity contribution < 1.29 is 14.3 Å². The van der Waals surface area contributed by atoms with Crippen LogP contribution in [0.4, 0.5) is 0 Å². The van der Waals surface area contributed by atoms with E-state index < -0.39 is 6.04 Å². The minimum Gasteiger partial charge on any atom is -0.497 e. The lowest BCUT2D eigenvalue weighted by Crippen LogP contribution is -2.50. The predicted molar refractivity (Wildman–Crippen MR) is 128 cm³/mol. The highest BCUT2D eigenvalue weighted by atomic mass is 32.2. The summed E-state index contributed by atoms with van der Waals surface area (Å²) >= 11 is 1.57. The maximum Gasteiger partial charge on any atom is 0.242 e. The van der Waals surface area contributed by atoms with Crippen LogP contribution in [0, 0.1) is 5.92 Å². The molecule has 0 fully saturated rings. The molecule has 1 N–H and O–H groups in total. The summed E-state index contributed by atoms with van der Waals surface area (Å²) in [7, 11) is 1.62. The van der Waals surface area contributed by atoms with Crippen molar-refractivity contribution in [2.45, 2.75) is 45.5 Å². The molecule has 0 aliphatic carbocycles. The van der Waals surface area contributed by atoms with Gasteiger partial charge >= 0.3 is 0 Å². The third-order valence-corrected chi connectivity index (χ3v) is 5.88. The van der Waals surface area contributed by atoms with E-state index in [1.54, 1.807) is 23.8 Å². The third-order valence-electron chi connectivity index (χ3n) is 4.89. The minimum absolute atomic E-state index is 0.0321. The third kappa shape index (κ3) is 8.29. The van der Waals surface area contributed by atoms with Gasteiger partial charge < -0.3 is 15.0 Å². The fourth-order valence-corrected chi connectivity index (χ4v) is 4.09. The molecule has 0 radical (unpaired) electrons. The van der Waals surface area contributed by atoms with Gasteiger partial charge in [0.25, 0.3) is 0 Å². The molecule has 2 aromatic rings. The van der Waals surface area contributed by atoms with E-state index in [2.05, 4.69) is 31.3 Å². The van der Waals surface area contributed by atoms with Gasteiger partial charge in [-0.25, -0.2) is 0 Å². The van der Waals surface area contributed by atoms with Gasteiger partial charge in [0.05, 0.1) is 12.9 Å². The molecule has 0 bridgehead atoms. The Morgan fingerprint density at radius 1 is 1.06 bits per heavy atom. The average Bonchev–Trinajstić information content (AvgIpc) is 2.78. The van der Waals surface area contributed by atoms with Crippen LogP contribution < -0.4 is 10.1 Å².